The van der Waals surface area contributed by atoms with Crippen molar-refractivity contribution in [3.05, 3.63) is 18.0 Å². The molecule has 0 aliphatic heterocycles. The van der Waals surface area contributed by atoms with E-state index >= 15 is 0 Å². The van der Waals surface area contributed by atoms with Gasteiger partial charge in [0.15, 0.2) is 6.04 Å². The smallest absolute Gasteiger partial charge is 0.411 e. The maximum Gasteiger partial charge on any atom is 0.411 e. The quantitative estimate of drug-likeness (QED) is 0.869. The molecule has 130 valence electrons. The lowest BCUT2D eigenvalue weighted by Gasteiger charge is -2.33. The van der Waals surface area contributed by atoms with E-state index in [4.69, 9.17) is 4.74 Å². The van der Waals surface area contributed by atoms with Gasteiger partial charge in [-0.3, -0.25) is 9.58 Å². The maximum absolute atomic E-state index is 12.5. The number of rotatable bonds is 6. The maximum atomic E-state index is 12.5. The second-order valence-electron chi connectivity index (χ2n) is 6.76. The van der Waals surface area contributed by atoms with E-state index in [9.17, 15) is 14.7 Å². The number of hydrogen-bond acceptors (Lipinski definition) is 4. The highest BCUT2D eigenvalue weighted by Crippen LogP contribution is 2.26. The van der Waals surface area contributed by atoms with Gasteiger partial charge in [0, 0.05) is 24.3 Å². The average Bonchev–Trinajstić information content (AvgIpc) is 2.81. The van der Waals surface area contributed by atoms with Gasteiger partial charge in [-0.1, -0.05) is 6.92 Å². The molecule has 1 aromatic heterocycles. The van der Waals surface area contributed by atoms with Crippen molar-refractivity contribution >= 4 is 12.1 Å². The van der Waals surface area contributed by atoms with Crippen LogP contribution in [0.3, 0.4) is 0 Å². The number of carboxylic acids is 1. The van der Waals surface area contributed by atoms with E-state index in [-0.39, 0.29) is 6.04 Å². The third-order valence-electron chi connectivity index (χ3n) is 3.09. The molecule has 0 fully saturated rings. The van der Waals surface area contributed by atoms with Crippen molar-refractivity contribution < 1.29 is 19.4 Å². The minimum atomic E-state index is -1.13. The van der Waals surface area contributed by atoms with Crippen molar-refractivity contribution in [1.29, 1.82) is 0 Å². The highest BCUT2D eigenvalue weighted by atomic mass is 16.6. The third kappa shape index (κ3) is 5.26. The Morgan fingerprint density at radius 3 is 2.43 bits per heavy atom. The summed E-state index contributed by atoms with van der Waals surface area (Å²) in [6.45, 7) is 11.5. The second kappa shape index (κ2) is 7.48. The highest BCUT2D eigenvalue weighted by Gasteiger charge is 2.36. The molecule has 1 amide bonds. The Kier molecular flexibility index (Phi) is 6.18. The summed E-state index contributed by atoms with van der Waals surface area (Å²) in [7, 11) is 0. The molecular weight excluding hydrogens is 298 g/mol. The molecule has 0 radical (unpaired) electrons. The topological polar surface area (TPSA) is 84.7 Å². The molecule has 0 aromatic carbocycles. The van der Waals surface area contributed by atoms with Gasteiger partial charge < -0.3 is 9.84 Å². The van der Waals surface area contributed by atoms with Crippen LogP contribution < -0.4 is 0 Å². The minimum Gasteiger partial charge on any atom is -0.479 e. The largest absolute Gasteiger partial charge is 0.479 e. The van der Waals surface area contributed by atoms with Crippen molar-refractivity contribution in [3.8, 4) is 0 Å². The summed E-state index contributed by atoms with van der Waals surface area (Å²) in [5.74, 6) is -1.11. The van der Waals surface area contributed by atoms with E-state index in [0.717, 1.165) is 6.42 Å². The second-order valence-corrected chi connectivity index (χ2v) is 6.76. The number of ether oxygens (including phenoxy) is 1. The van der Waals surface area contributed by atoms with E-state index in [1.807, 2.05) is 6.92 Å². The van der Waals surface area contributed by atoms with Gasteiger partial charge in [0.1, 0.15) is 5.60 Å². The SMILES string of the molecule is CCCn1cc(C(C(=O)O)N(C(=O)OC(C)(C)C)C(C)C)cn1. The van der Waals surface area contributed by atoms with Gasteiger partial charge in [-0.05, 0) is 41.0 Å². The molecule has 0 saturated carbocycles. The summed E-state index contributed by atoms with van der Waals surface area (Å²) in [6.07, 6.45) is 3.40. The van der Waals surface area contributed by atoms with Crippen LogP contribution >= 0.6 is 0 Å². The van der Waals surface area contributed by atoms with Crippen LogP contribution in [0.5, 0.6) is 0 Å². The molecule has 23 heavy (non-hydrogen) atoms. The summed E-state index contributed by atoms with van der Waals surface area (Å²) in [5.41, 5.74) is -0.231. The molecule has 0 aliphatic carbocycles. The number of carbonyl (C=O) groups is 2. The van der Waals surface area contributed by atoms with Gasteiger partial charge in [-0.2, -0.15) is 5.10 Å². The van der Waals surface area contributed by atoms with Gasteiger partial charge in [0.2, 0.25) is 0 Å². The fraction of sp³-hybridized carbons (Fsp3) is 0.688. The third-order valence-corrected chi connectivity index (χ3v) is 3.09. The zero-order valence-electron chi connectivity index (χ0n) is 14.7. The first kappa shape index (κ1) is 19.0. The Hall–Kier alpha value is -2.05. The number of aryl methyl sites for hydroxylation is 1. The van der Waals surface area contributed by atoms with Crippen molar-refractivity contribution in [2.24, 2.45) is 0 Å². The van der Waals surface area contributed by atoms with Gasteiger partial charge in [-0.25, -0.2) is 9.59 Å². The summed E-state index contributed by atoms with van der Waals surface area (Å²) >= 11 is 0. The normalized spacial score (nSPS) is 13.0. The minimum absolute atomic E-state index is 0.333. The van der Waals surface area contributed by atoms with Crippen LogP contribution in [0.4, 0.5) is 4.79 Å². The van der Waals surface area contributed by atoms with Crippen molar-refractivity contribution in [3.63, 3.8) is 0 Å². The number of nitrogens with zero attached hydrogens (tertiary/aromatic N) is 3. The van der Waals surface area contributed by atoms with Crippen LogP contribution in [0.1, 0.15) is 59.6 Å². The monoisotopic (exact) mass is 325 g/mol. The summed E-state index contributed by atoms with van der Waals surface area (Å²) in [6, 6.07) is -1.46. The van der Waals surface area contributed by atoms with Crippen LogP contribution in [0.25, 0.3) is 0 Å². The standard InChI is InChI=1S/C16H27N3O4/c1-7-8-18-10-12(9-17-18)13(14(20)21)19(11(2)3)15(22)23-16(4,5)6/h9-11,13H,7-8H2,1-6H3,(H,20,21). The van der Waals surface area contributed by atoms with Gasteiger partial charge >= 0.3 is 12.1 Å². The molecule has 0 saturated heterocycles. The number of amides is 1. The van der Waals surface area contributed by atoms with Gasteiger partial charge in [0.05, 0.1) is 6.20 Å². The van der Waals surface area contributed by atoms with Crippen LogP contribution in [0.2, 0.25) is 0 Å². The Morgan fingerprint density at radius 2 is 2.00 bits per heavy atom. The molecule has 0 spiro atoms. The predicted molar refractivity (Wildman–Crippen MR) is 86.1 cm³/mol. The van der Waals surface area contributed by atoms with Crippen molar-refractivity contribution in [1.82, 2.24) is 14.7 Å². The summed E-state index contributed by atoms with van der Waals surface area (Å²) < 4.78 is 7.04. The van der Waals surface area contributed by atoms with E-state index in [1.54, 1.807) is 45.5 Å². The van der Waals surface area contributed by atoms with E-state index < -0.39 is 23.7 Å². The lowest BCUT2D eigenvalue weighted by molar-refractivity contribution is -0.144. The Balaban J connectivity index is 3.16. The Labute approximate surface area is 137 Å². The summed E-state index contributed by atoms with van der Waals surface area (Å²) in [4.78, 5) is 25.5. The zero-order valence-corrected chi connectivity index (χ0v) is 14.7. The average molecular weight is 325 g/mol. The molecule has 0 bridgehead atoms. The zero-order chi connectivity index (χ0) is 17.8. The molecule has 1 rings (SSSR count). The van der Waals surface area contributed by atoms with Gasteiger partial charge in [0.25, 0.3) is 0 Å². The fourth-order valence-electron chi connectivity index (χ4n) is 2.22. The molecule has 7 nitrogen and oxygen atoms in total. The first-order valence-corrected chi connectivity index (χ1v) is 7.83. The van der Waals surface area contributed by atoms with Crippen LogP contribution in [0, 0.1) is 0 Å². The Morgan fingerprint density at radius 1 is 1.39 bits per heavy atom. The van der Waals surface area contributed by atoms with Crippen molar-refractivity contribution in [2.75, 3.05) is 0 Å². The number of aliphatic carboxylic acids is 1. The number of hydrogen-bond donors (Lipinski definition) is 1. The van der Waals surface area contributed by atoms with E-state index in [0.29, 0.717) is 12.1 Å². The fourth-order valence-corrected chi connectivity index (χ4v) is 2.22. The van der Waals surface area contributed by atoms with Gasteiger partial charge in [-0.15, -0.1) is 0 Å². The number of carbonyl (C=O) groups excluding carboxylic acids is 1. The van der Waals surface area contributed by atoms with Crippen molar-refractivity contribution in [2.45, 2.75) is 72.2 Å². The van der Waals surface area contributed by atoms with Crippen LogP contribution in [0.15, 0.2) is 12.4 Å². The lowest BCUT2D eigenvalue weighted by atomic mass is 10.1. The molecule has 1 heterocycles. The first-order chi connectivity index (χ1) is 10.6. The molecule has 1 unspecified atom stereocenters. The molecular formula is C16H27N3O4. The predicted octanol–water partition coefficient (Wildman–Crippen LogP) is 3.06. The Bertz CT molecular complexity index is 546. The molecule has 1 atom stereocenters. The molecule has 7 heteroatoms. The lowest BCUT2D eigenvalue weighted by Crippen LogP contribution is -2.45. The van der Waals surface area contributed by atoms with E-state index in [1.165, 1.54) is 11.1 Å². The first-order valence-electron chi connectivity index (χ1n) is 7.83. The summed E-state index contributed by atoms with van der Waals surface area (Å²) in [5, 5.41) is 13.8. The molecule has 0 aliphatic rings. The number of carboxylic acid groups (broad SMARTS) is 1. The van der Waals surface area contributed by atoms with Crippen LogP contribution in [-0.4, -0.2) is 43.5 Å². The molecule has 1 N–H and O–H groups in total. The molecule has 1 aromatic rings. The van der Waals surface area contributed by atoms with Crippen LogP contribution in [-0.2, 0) is 16.1 Å². The van der Waals surface area contributed by atoms with E-state index in [2.05, 4.69) is 5.10 Å². The highest BCUT2D eigenvalue weighted by molar-refractivity contribution is 5.81. The number of aromatic nitrogens is 2.